The number of nitrogens with one attached hydrogen (secondary N) is 2. The first-order chi connectivity index (χ1) is 10.1. The van der Waals surface area contributed by atoms with Crippen LogP contribution in [-0.4, -0.2) is 43.5 Å². The lowest BCUT2D eigenvalue weighted by Gasteiger charge is -2.20. The summed E-state index contributed by atoms with van der Waals surface area (Å²) in [5.41, 5.74) is 8.10. The summed E-state index contributed by atoms with van der Waals surface area (Å²) in [5, 5.41) is 6.10. The fraction of sp³-hybridized carbons (Fsp3) is 0.562. The second-order valence-electron chi connectivity index (χ2n) is 5.02. The zero-order chi connectivity index (χ0) is 15.7. The average molecular weight is 292 g/mol. The number of amides is 1. The van der Waals surface area contributed by atoms with Crippen LogP contribution in [0, 0.1) is 0 Å². The quantitative estimate of drug-likeness (QED) is 0.610. The smallest absolute Gasteiger partial charge is 0.251 e. The molecule has 1 aromatic rings. The molecule has 0 saturated heterocycles. The van der Waals surface area contributed by atoms with Crippen LogP contribution in [0.2, 0.25) is 0 Å². The van der Waals surface area contributed by atoms with Gasteiger partial charge in [-0.05, 0) is 44.6 Å². The van der Waals surface area contributed by atoms with Gasteiger partial charge in [0.2, 0.25) is 0 Å². The molecule has 21 heavy (non-hydrogen) atoms. The highest BCUT2D eigenvalue weighted by atomic mass is 16.1. The monoisotopic (exact) mass is 292 g/mol. The van der Waals surface area contributed by atoms with E-state index in [4.69, 9.17) is 5.73 Å². The van der Waals surface area contributed by atoms with Crippen molar-refractivity contribution in [3.05, 3.63) is 23.8 Å². The Morgan fingerprint density at radius 2 is 2.00 bits per heavy atom. The topological polar surface area (TPSA) is 70.4 Å². The third-order valence-electron chi connectivity index (χ3n) is 3.38. The van der Waals surface area contributed by atoms with Gasteiger partial charge in [0, 0.05) is 25.2 Å². The molecule has 0 radical (unpaired) electrons. The Morgan fingerprint density at radius 3 is 2.57 bits per heavy atom. The maximum atomic E-state index is 11.7. The van der Waals surface area contributed by atoms with Crippen LogP contribution >= 0.6 is 0 Å². The maximum Gasteiger partial charge on any atom is 0.251 e. The molecule has 0 saturated carbocycles. The van der Waals surface area contributed by atoms with Crippen molar-refractivity contribution in [1.82, 2.24) is 10.2 Å². The molecule has 0 aromatic heterocycles. The lowest BCUT2D eigenvalue weighted by atomic mass is 10.1. The predicted octanol–water partition coefficient (Wildman–Crippen LogP) is 2.16. The Hall–Kier alpha value is -1.75. The van der Waals surface area contributed by atoms with Crippen LogP contribution in [0.3, 0.4) is 0 Å². The molecule has 4 N–H and O–H groups in total. The van der Waals surface area contributed by atoms with Crippen LogP contribution in [0.25, 0.3) is 0 Å². The Labute approximate surface area is 127 Å². The first-order valence-corrected chi connectivity index (χ1v) is 7.76. The van der Waals surface area contributed by atoms with Gasteiger partial charge >= 0.3 is 0 Å². The van der Waals surface area contributed by atoms with E-state index >= 15 is 0 Å². The summed E-state index contributed by atoms with van der Waals surface area (Å²) in [6.45, 7) is 10.9. The van der Waals surface area contributed by atoms with Crippen molar-refractivity contribution in [2.75, 3.05) is 43.8 Å². The molecule has 0 aliphatic rings. The van der Waals surface area contributed by atoms with Gasteiger partial charge in [0.25, 0.3) is 5.91 Å². The number of anilines is 2. The van der Waals surface area contributed by atoms with Gasteiger partial charge < -0.3 is 21.3 Å². The molecule has 0 heterocycles. The summed E-state index contributed by atoms with van der Waals surface area (Å²) in [5.74, 6) is -0.0872. The zero-order valence-corrected chi connectivity index (χ0v) is 13.4. The van der Waals surface area contributed by atoms with Crippen LogP contribution in [-0.2, 0) is 0 Å². The summed E-state index contributed by atoms with van der Waals surface area (Å²) in [6, 6.07) is 5.39. The zero-order valence-electron chi connectivity index (χ0n) is 13.4. The van der Waals surface area contributed by atoms with Crippen molar-refractivity contribution in [2.45, 2.75) is 27.2 Å². The molecule has 0 aliphatic carbocycles. The van der Waals surface area contributed by atoms with E-state index in [1.807, 2.05) is 13.0 Å². The minimum absolute atomic E-state index is 0.0872. The SMILES string of the molecule is CCCN(CC)CCNc1ccc(C(=O)NCC)cc1N. The summed E-state index contributed by atoms with van der Waals surface area (Å²) in [6.07, 6.45) is 1.16. The van der Waals surface area contributed by atoms with Gasteiger partial charge in [0.05, 0.1) is 11.4 Å². The number of benzene rings is 1. The molecule has 5 nitrogen and oxygen atoms in total. The van der Waals surface area contributed by atoms with Gasteiger partial charge in [-0.3, -0.25) is 4.79 Å². The number of nitrogens with two attached hydrogens (primary N) is 1. The minimum atomic E-state index is -0.0872. The third kappa shape index (κ3) is 5.63. The predicted molar refractivity (Wildman–Crippen MR) is 89.8 cm³/mol. The van der Waals surface area contributed by atoms with Crippen molar-refractivity contribution >= 4 is 17.3 Å². The van der Waals surface area contributed by atoms with Crippen molar-refractivity contribution in [2.24, 2.45) is 0 Å². The summed E-state index contributed by atoms with van der Waals surface area (Å²) < 4.78 is 0. The number of nitrogens with zero attached hydrogens (tertiary/aromatic N) is 1. The van der Waals surface area contributed by atoms with Crippen molar-refractivity contribution < 1.29 is 4.79 Å². The molecule has 118 valence electrons. The van der Waals surface area contributed by atoms with Crippen LogP contribution < -0.4 is 16.4 Å². The minimum Gasteiger partial charge on any atom is -0.397 e. The van der Waals surface area contributed by atoms with Gasteiger partial charge in [0.15, 0.2) is 0 Å². The lowest BCUT2D eigenvalue weighted by molar-refractivity contribution is 0.0956. The highest BCUT2D eigenvalue weighted by Crippen LogP contribution is 2.19. The molecular weight excluding hydrogens is 264 g/mol. The van der Waals surface area contributed by atoms with E-state index in [1.165, 1.54) is 0 Å². The maximum absolute atomic E-state index is 11.7. The van der Waals surface area contributed by atoms with Crippen LogP contribution in [0.1, 0.15) is 37.6 Å². The Bertz CT molecular complexity index is 448. The number of carbonyl (C=O) groups is 1. The number of hydrogen-bond acceptors (Lipinski definition) is 4. The van der Waals surface area contributed by atoms with Crippen molar-refractivity contribution in [1.29, 1.82) is 0 Å². The molecule has 0 unspecified atom stereocenters. The van der Waals surface area contributed by atoms with E-state index in [0.717, 1.165) is 38.3 Å². The van der Waals surface area contributed by atoms with Crippen LogP contribution in [0.4, 0.5) is 11.4 Å². The molecule has 0 bridgehead atoms. The fourth-order valence-electron chi connectivity index (χ4n) is 2.22. The van der Waals surface area contributed by atoms with Gasteiger partial charge in [0.1, 0.15) is 0 Å². The molecule has 0 aliphatic heterocycles. The van der Waals surface area contributed by atoms with E-state index < -0.39 is 0 Å². The first-order valence-electron chi connectivity index (χ1n) is 7.76. The Kier molecular flexibility index (Phi) is 7.61. The number of likely N-dealkylation sites (N-methyl/N-ethyl adjacent to an activating group) is 1. The van der Waals surface area contributed by atoms with Crippen LogP contribution in [0.15, 0.2) is 18.2 Å². The molecule has 1 aromatic carbocycles. The standard InChI is InChI=1S/C16H28N4O/c1-4-10-20(6-3)11-9-19-15-8-7-13(12-14(15)17)16(21)18-5-2/h7-8,12,19H,4-6,9-11,17H2,1-3H3,(H,18,21). The second kappa shape index (κ2) is 9.23. The van der Waals surface area contributed by atoms with Gasteiger partial charge in [-0.2, -0.15) is 0 Å². The van der Waals surface area contributed by atoms with Crippen LogP contribution in [0.5, 0.6) is 0 Å². The van der Waals surface area contributed by atoms with E-state index in [1.54, 1.807) is 12.1 Å². The Morgan fingerprint density at radius 1 is 1.24 bits per heavy atom. The number of rotatable bonds is 9. The number of carbonyl (C=O) groups excluding carboxylic acids is 1. The van der Waals surface area contributed by atoms with E-state index in [9.17, 15) is 4.79 Å². The highest BCUT2D eigenvalue weighted by molar-refractivity contribution is 5.96. The molecular formula is C16H28N4O. The average Bonchev–Trinajstić information content (AvgIpc) is 2.48. The molecule has 5 heteroatoms. The molecule has 0 spiro atoms. The highest BCUT2D eigenvalue weighted by Gasteiger charge is 2.07. The normalized spacial score (nSPS) is 10.7. The van der Waals surface area contributed by atoms with Gasteiger partial charge in [-0.25, -0.2) is 0 Å². The van der Waals surface area contributed by atoms with Crippen molar-refractivity contribution in [3.63, 3.8) is 0 Å². The summed E-state index contributed by atoms with van der Waals surface area (Å²) in [7, 11) is 0. The first kappa shape index (κ1) is 17.3. The largest absolute Gasteiger partial charge is 0.397 e. The lowest BCUT2D eigenvalue weighted by Crippen LogP contribution is -2.29. The Balaban J connectivity index is 2.54. The van der Waals surface area contributed by atoms with E-state index in [2.05, 4.69) is 29.4 Å². The molecule has 1 amide bonds. The van der Waals surface area contributed by atoms with Crippen molar-refractivity contribution in [3.8, 4) is 0 Å². The molecule has 0 atom stereocenters. The third-order valence-corrected chi connectivity index (χ3v) is 3.38. The number of hydrogen-bond donors (Lipinski definition) is 3. The summed E-state index contributed by atoms with van der Waals surface area (Å²) in [4.78, 5) is 14.1. The van der Waals surface area contributed by atoms with Gasteiger partial charge in [-0.1, -0.05) is 13.8 Å². The molecule has 0 fully saturated rings. The van der Waals surface area contributed by atoms with Gasteiger partial charge in [-0.15, -0.1) is 0 Å². The molecule has 1 rings (SSSR count). The van der Waals surface area contributed by atoms with E-state index in [-0.39, 0.29) is 5.91 Å². The fourth-order valence-corrected chi connectivity index (χ4v) is 2.22. The summed E-state index contributed by atoms with van der Waals surface area (Å²) >= 11 is 0. The number of nitrogen functional groups attached to an aromatic ring is 1. The van der Waals surface area contributed by atoms with E-state index in [0.29, 0.717) is 17.8 Å². The second-order valence-corrected chi connectivity index (χ2v) is 5.02.